The van der Waals surface area contributed by atoms with Gasteiger partial charge in [0.2, 0.25) is 0 Å². The average molecular weight is 293 g/mol. The molecule has 0 aliphatic carbocycles. The van der Waals surface area contributed by atoms with Crippen LogP contribution in [0.2, 0.25) is 12.6 Å². The van der Waals surface area contributed by atoms with E-state index in [9.17, 15) is 0 Å². The van der Waals surface area contributed by atoms with Crippen molar-refractivity contribution in [2.45, 2.75) is 84.6 Å². The lowest BCUT2D eigenvalue weighted by Crippen LogP contribution is -2.42. The van der Waals surface area contributed by atoms with E-state index in [0.29, 0.717) is 0 Å². The molecule has 0 radical (unpaired) electrons. The first-order chi connectivity index (χ1) is 8.39. The van der Waals surface area contributed by atoms with Gasteiger partial charge >= 0.3 is 8.56 Å². The maximum atomic E-state index is 6.08. The van der Waals surface area contributed by atoms with Gasteiger partial charge in [0.05, 0.1) is 0 Å². The average Bonchev–Trinajstić information content (AvgIpc) is 2.20. The first-order valence-corrected chi connectivity index (χ1v) is 10.5. The standard InChI is InChI=1S/C14H32O2SSi/c1-13(2)15-18(5,16-14(3)4)12-10-8-6-7-9-11-17/h13-14,17H,6-12H2,1-5H3. The van der Waals surface area contributed by atoms with Crippen LogP contribution in [0.25, 0.3) is 0 Å². The van der Waals surface area contributed by atoms with Crippen molar-refractivity contribution in [1.29, 1.82) is 0 Å². The van der Waals surface area contributed by atoms with Crippen molar-refractivity contribution >= 4 is 21.2 Å². The first-order valence-electron chi connectivity index (χ1n) is 7.36. The fraction of sp³-hybridized carbons (Fsp3) is 1.00. The first kappa shape index (κ1) is 18.5. The molecule has 0 aliphatic rings. The van der Waals surface area contributed by atoms with Gasteiger partial charge in [0.25, 0.3) is 0 Å². The molecule has 0 fully saturated rings. The van der Waals surface area contributed by atoms with Crippen LogP contribution in [-0.2, 0) is 8.85 Å². The second-order valence-corrected chi connectivity index (χ2v) is 9.39. The summed E-state index contributed by atoms with van der Waals surface area (Å²) in [6.07, 6.45) is 6.91. The van der Waals surface area contributed by atoms with Crippen molar-refractivity contribution in [2.24, 2.45) is 0 Å². The third-order valence-corrected chi connectivity index (χ3v) is 6.28. The van der Waals surface area contributed by atoms with Crippen molar-refractivity contribution in [3.63, 3.8) is 0 Å². The van der Waals surface area contributed by atoms with Gasteiger partial charge in [-0.25, -0.2) is 0 Å². The molecule has 18 heavy (non-hydrogen) atoms. The molecule has 0 atom stereocenters. The van der Waals surface area contributed by atoms with Gasteiger partial charge < -0.3 is 8.85 Å². The minimum absolute atomic E-state index is 0.268. The summed E-state index contributed by atoms with van der Waals surface area (Å²) in [7, 11) is -1.96. The Morgan fingerprint density at radius 2 is 1.28 bits per heavy atom. The van der Waals surface area contributed by atoms with E-state index in [-0.39, 0.29) is 12.2 Å². The molecule has 110 valence electrons. The maximum absolute atomic E-state index is 6.08. The second-order valence-electron chi connectivity index (χ2n) is 5.71. The SMILES string of the molecule is CC(C)O[Si](C)(CCCCCCCS)OC(C)C. The van der Waals surface area contributed by atoms with Crippen molar-refractivity contribution in [2.75, 3.05) is 5.75 Å². The molecule has 0 aliphatic heterocycles. The molecule has 0 aromatic rings. The Bertz CT molecular complexity index is 188. The number of unbranched alkanes of at least 4 members (excludes halogenated alkanes) is 4. The van der Waals surface area contributed by atoms with Crippen LogP contribution in [0.4, 0.5) is 0 Å². The lowest BCUT2D eigenvalue weighted by Gasteiger charge is -2.31. The molecule has 4 heteroatoms. The zero-order valence-electron chi connectivity index (χ0n) is 12.9. The Morgan fingerprint density at radius 1 is 0.833 bits per heavy atom. The van der Waals surface area contributed by atoms with E-state index in [1.165, 1.54) is 32.1 Å². The van der Waals surface area contributed by atoms with Crippen LogP contribution in [-0.4, -0.2) is 26.5 Å². The molecule has 2 nitrogen and oxygen atoms in total. The summed E-state index contributed by atoms with van der Waals surface area (Å²) in [4.78, 5) is 0. The molecular weight excluding hydrogens is 260 g/mol. The van der Waals surface area contributed by atoms with E-state index in [1.54, 1.807) is 0 Å². The number of hydrogen-bond acceptors (Lipinski definition) is 3. The summed E-state index contributed by atoms with van der Waals surface area (Å²) in [5, 5.41) is 0. The zero-order valence-corrected chi connectivity index (χ0v) is 14.8. The minimum Gasteiger partial charge on any atom is -0.392 e. The second kappa shape index (κ2) is 10.3. The Balaban J connectivity index is 3.93. The summed E-state index contributed by atoms with van der Waals surface area (Å²) >= 11 is 4.23. The highest BCUT2D eigenvalue weighted by Crippen LogP contribution is 2.22. The van der Waals surface area contributed by atoms with Crippen molar-refractivity contribution in [3.8, 4) is 0 Å². The predicted octanol–water partition coefficient (Wildman–Crippen LogP) is 4.79. The lowest BCUT2D eigenvalue weighted by atomic mass is 10.2. The van der Waals surface area contributed by atoms with Gasteiger partial charge in [-0.15, -0.1) is 0 Å². The molecule has 0 aromatic carbocycles. The smallest absolute Gasteiger partial charge is 0.335 e. The summed E-state index contributed by atoms with van der Waals surface area (Å²) < 4.78 is 12.2. The normalized spacial score (nSPS) is 12.7. The fourth-order valence-electron chi connectivity index (χ4n) is 2.23. The summed E-state index contributed by atoms with van der Waals surface area (Å²) in [5.74, 6) is 1.01. The van der Waals surface area contributed by atoms with Crippen molar-refractivity contribution in [1.82, 2.24) is 0 Å². The number of rotatable bonds is 11. The highest BCUT2D eigenvalue weighted by Gasteiger charge is 2.33. The van der Waals surface area contributed by atoms with Crippen LogP contribution in [0, 0.1) is 0 Å². The van der Waals surface area contributed by atoms with E-state index >= 15 is 0 Å². The van der Waals surface area contributed by atoms with Crippen LogP contribution >= 0.6 is 12.6 Å². The third-order valence-electron chi connectivity index (χ3n) is 2.76. The Morgan fingerprint density at radius 3 is 1.72 bits per heavy atom. The monoisotopic (exact) mass is 292 g/mol. The van der Waals surface area contributed by atoms with Gasteiger partial charge in [-0.05, 0) is 52.5 Å². The molecule has 0 rings (SSSR count). The molecule has 0 saturated heterocycles. The van der Waals surface area contributed by atoms with Gasteiger partial charge in [-0.3, -0.25) is 0 Å². The van der Waals surface area contributed by atoms with E-state index in [2.05, 4.69) is 46.9 Å². The molecule has 0 heterocycles. The van der Waals surface area contributed by atoms with Crippen LogP contribution in [0.3, 0.4) is 0 Å². The van der Waals surface area contributed by atoms with Crippen molar-refractivity contribution in [3.05, 3.63) is 0 Å². The van der Waals surface area contributed by atoms with Crippen LogP contribution in [0.5, 0.6) is 0 Å². The van der Waals surface area contributed by atoms with Gasteiger partial charge in [0, 0.05) is 12.2 Å². The van der Waals surface area contributed by atoms with Crippen molar-refractivity contribution < 1.29 is 8.85 Å². The molecule has 0 N–H and O–H groups in total. The van der Waals surface area contributed by atoms with Crippen LogP contribution in [0.15, 0.2) is 0 Å². The molecule has 0 amide bonds. The van der Waals surface area contributed by atoms with Gasteiger partial charge in [-0.2, -0.15) is 12.6 Å². The Labute approximate surface area is 120 Å². The van der Waals surface area contributed by atoms with E-state index < -0.39 is 8.56 Å². The van der Waals surface area contributed by atoms with E-state index in [0.717, 1.165) is 11.8 Å². The zero-order chi connectivity index (χ0) is 14.0. The molecular formula is C14H32O2SSi. The molecule has 0 bridgehead atoms. The third kappa shape index (κ3) is 10.4. The molecule has 0 saturated carbocycles. The predicted molar refractivity (Wildman–Crippen MR) is 85.8 cm³/mol. The minimum atomic E-state index is -1.96. The van der Waals surface area contributed by atoms with E-state index in [4.69, 9.17) is 8.85 Å². The number of thiol groups is 1. The maximum Gasteiger partial charge on any atom is 0.335 e. The molecule has 0 spiro atoms. The number of hydrogen-bond donors (Lipinski definition) is 1. The van der Waals surface area contributed by atoms with Gasteiger partial charge in [0.15, 0.2) is 0 Å². The largest absolute Gasteiger partial charge is 0.392 e. The lowest BCUT2D eigenvalue weighted by molar-refractivity contribution is 0.109. The Hall–Kier alpha value is 0.487. The van der Waals surface area contributed by atoms with Crippen LogP contribution in [0.1, 0.15) is 59.8 Å². The quantitative estimate of drug-likeness (QED) is 0.335. The Kier molecular flexibility index (Phi) is 10.6. The molecule has 0 unspecified atom stereocenters. The molecule has 0 aromatic heterocycles. The summed E-state index contributed by atoms with van der Waals surface area (Å²) in [5.41, 5.74) is 0. The highest BCUT2D eigenvalue weighted by atomic mass is 32.1. The highest BCUT2D eigenvalue weighted by molar-refractivity contribution is 7.80. The summed E-state index contributed by atoms with van der Waals surface area (Å²) in [6.45, 7) is 10.6. The van der Waals surface area contributed by atoms with E-state index in [1.807, 2.05) is 0 Å². The summed E-state index contributed by atoms with van der Waals surface area (Å²) in [6, 6.07) is 1.12. The van der Waals surface area contributed by atoms with Gasteiger partial charge in [0.1, 0.15) is 0 Å². The topological polar surface area (TPSA) is 18.5 Å². The fourth-order valence-corrected chi connectivity index (χ4v) is 5.63. The van der Waals surface area contributed by atoms with Crippen LogP contribution < -0.4 is 0 Å². The van der Waals surface area contributed by atoms with Gasteiger partial charge in [-0.1, -0.05) is 25.7 Å².